The van der Waals surface area contributed by atoms with E-state index in [0.717, 1.165) is 25.0 Å². The Balaban J connectivity index is 2.02. The van der Waals surface area contributed by atoms with Gasteiger partial charge in [0.1, 0.15) is 5.82 Å². The van der Waals surface area contributed by atoms with Gasteiger partial charge in [-0.25, -0.2) is 18.1 Å². The number of rotatable bonds is 9. The summed E-state index contributed by atoms with van der Waals surface area (Å²) in [7, 11) is -3.20. The fourth-order valence-electron chi connectivity index (χ4n) is 2.21. The van der Waals surface area contributed by atoms with Gasteiger partial charge in [-0.15, -0.1) is 0 Å². The Hall–Kier alpha value is -1.49. The molecule has 1 aromatic heterocycles. The van der Waals surface area contributed by atoms with Crippen molar-refractivity contribution in [1.29, 1.82) is 0 Å². The molecule has 0 bridgehead atoms. The fourth-order valence-corrected chi connectivity index (χ4v) is 2.68. The Morgan fingerprint density at radius 1 is 1.30 bits per heavy atom. The van der Waals surface area contributed by atoms with Crippen molar-refractivity contribution in [3.8, 4) is 0 Å². The SMILES string of the molecule is CS(=O)(=O)NCCNc1cc(C2CCOC2)nc(NCCO)n1. The van der Waals surface area contributed by atoms with Crippen molar-refractivity contribution in [2.45, 2.75) is 12.3 Å². The van der Waals surface area contributed by atoms with E-state index in [-0.39, 0.29) is 19.1 Å². The van der Waals surface area contributed by atoms with Gasteiger partial charge in [-0.2, -0.15) is 4.98 Å². The molecule has 1 atom stereocenters. The number of anilines is 2. The van der Waals surface area contributed by atoms with Gasteiger partial charge in [0, 0.05) is 38.2 Å². The molecule has 1 aliphatic heterocycles. The number of hydrogen-bond acceptors (Lipinski definition) is 8. The van der Waals surface area contributed by atoms with Crippen LogP contribution in [0.4, 0.5) is 11.8 Å². The molecule has 1 fully saturated rings. The normalized spacial score (nSPS) is 18.1. The Bertz CT molecular complexity index is 604. The second kappa shape index (κ2) is 8.39. The van der Waals surface area contributed by atoms with Gasteiger partial charge in [-0.1, -0.05) is 0 Å². The van der Waals surface area contributed by atoms with Gasteiger partial charge >= 0.3 is 0 Å². The number of nitrogens with zero attached hydrogens (tertiary/aromatic N) is 2. The van der Waals surface area contributed by atoms with E-state index in [0.29, 0.717) is 31.5 Å². The molecule has 9 nitrogen and oxygen atoms in total. The molecule has 0 aliphatic carbocycles. The van der Waals surface area contributed by atoms with Crippen molar-refractivity contribution in [3.63, 3.8) is 0 Å². The van der Waals surface area contributed by atoms with E-state index in [1.807, 2.05) is 6.07 Å². The molecule has 0 saturated carbocycles. The maximum atomic E-state index is 11.0. The Labute approximate surface area is 135 Å². The van der Waals surface area contributed by atoms with Crippen molar-refractivity contribution in [2.75, 3.05) is 56.3 Å². The van der Waals surface area contributed by atoms with Gasteiger partial charge in [-0.3, -0.25) is 0 Å². The molecular formula is C13H23N5O4S. The molecule has 1 aliphatic rings. The molecule has 130 valence electrons. The lowest BCUT2D eigenvalue weighted by Gasteiger charge is -2.13. The molecule has 23 heavy (non-hydrogen) atoms. The predicted molar refractivity (Wildman–Crippen MR) is 87.1 cm³/mol. The van der Waals surface area contributed by atoms with Crippen LogP contribution in [-0.4, -0.2) is 69.2 Å². The van der Waals surface area contributed by atoms with Crippen molar-refractivity contribution >= 4 is 21.8 Å². The molecule has 0 radical (unpaired) electrons. The second-order valence-electron chi connectivity index (χ2n) is 5.31. The van der Waals surface area contributed by atoms with Crippen molar-refractivity contribution in [2.24, 2.45) is 0 Å². The van der Waals surface area contributed by atoms with Crippen LogP contribution in [0.5, 0.6) is 0 Å². The minimum absolute atomic E-state index is 0.0127. The summed E-state index contributed by atoms with van der Waals surface area (Å²) in [5.74, 6) is 1.27. The third-order valence-corrected chi connectivity index (χ3v) is 4.01. The number of aliphatic hydroxyl groups excluding tert-OH is 1. The monoisotopic (exact) mass is 345 g/mol. The van der Waals surface area contributed by atoms with E-state index >= 15 is 0 Å². The van der Waals surface area contributed by atoms with Gasteiger partial charge in [0.05, 0.1) is 25.2 Å². The largest absolute Gasteiger partial charge is 0.395 e. The van der Waals surface area contributed by atoms with Crippen molar-refractivity contribution in [3.05, 3.63) is 11.8 Å². The third-order valence-electron chi connectivity index (χ3n) is 3.28. The van der Waals surface area contributed by atoms with E-state index in [1.165, 1.54) is 0 Å². The maximum absolute atomic E-state index is 11.0. The average molecular weight is 345 g/mol. The Morgan fingerprint density at radius 2 is 2.13 bits per heavy atom. The zero-order chi connectivity index (χ0) is 16.7. The summed E-state index contributed by atoms with van der Waals surface area (Å²) >= 11 is 0. The standard InChI is InChI=1S/C13H23N5O4S/c1-23(20,21)16-4-3-14-12-8-11(10-2-7-22-9-10)17-13(18-12)15-5-6-19/h8,10,16,19H,2-7,9H2,1H3,(H2,14,15,17,18). The van der Waals surface area contributed by atoms with E-state index in [1.54, 1.807) is 0 Å². The van der Waals surface area contributed by atoms with Gasteiger partial charge in [0.25, 0.3) is 0 Å². The lowest BCUT2D eigenvalue weighted by Crippen LogP contribution is -2.28. The molecule has 1 saturated heterocycles. The first-order valence-corrected chi connectivity index (χ1v) is 9.37. The minimum atomic E-state index is -3.20. The number of aromatic nitrogens is 2. The van der Waals surface area contributed by atoms with Gasteiger partial charge < -0.3 is 20.5 Å². The molecule has 10 heteroatoms. The van der Waals surface area contributed by atoms with Crippen LogP contribution in [-0.2, 0) is 14.8 Å². The minimum Gasteiger partial charge on any atom is -0.395 e. The van der Waals surface area contributed by atoms with E-state index in [2.05, 4.69) is 25.3 Å². The maximum Gasteiger partial charge on any atom is 0.224 e. The number of ether oxygens (including phenoxy) is 1. The lowest BCUT2D eigenvalue weighted by molar-refractivity contribution is 0.193. The van der Waals surface area contributed by atoms with Gasteiger partial charge in [0.2, 0.25) is 16.0 Å². The van der Waals surface area contributed by atoms with Crippen LogP contribution in [0.15, 0.2) is 6.07 Å². The summed E-state index contributed by atoms with van der Waals surface area (Å²) in [5.41, 5.74) is 0.872. The van der Waals surface area contributed by atoms with Gasteiger partial charge in [-0.05, 0) is 6.42 Å². The van der Waals surface area contributed by atoms with Crippen LogP contribution in [0.25, 0.3) is 0 Å². The number of hydrogen-bond donors (Lipinski definition) is 4. The Morgan fingerprint density at radius 3 is 2.78 bits per heavy atom. The molecule has 1 unspecified atom stereocenters. The van der Waals surface area contributed by atoms with Crippen molar-refractivity contribution < 1.29 is 18.3 Å². The molecule has 0 amide bonds. The van der Waals surface area contributed by atoms with Crippen LogP contribution in [0, 0.1) is 0 Å². The Kier molecular flexibility index (Phi) is 6.51. The quantitative estimate of drug-likeness (QED) is 0.435. The first kappa shape index (κ1) is 17.9. The fraction of sp³-hybridized carbons (Fsp3) is 0.692. The average Bonchev–Trinajstić information content (AvgIpc) is 3.03. The third kappa shape index (κ3) is 6.26. The summed E-state index contributed by atoms with van der Waals surface area (Å²) in [6.45, 7) is 2.37. The van der Waals surface area contributed by atoms with E-state index < -0.39 is 10.0 Å². The van der Waals surface area contributed by atoms with E-state index in [9.17, 15) is 8.42 Å². The molecule has 4 N–H and O–H groups in total. The molecular weight excluding hydrogens is 322 g/mol. The zero-order valence-electron chi connectivity index (χ0n) is 13.1. The molecule has 1 aromatic rings. The second-order valence-corrected chi connectivity index (χ2v) is 7.14. The topological polar surface area (TPSA) is 125 Å². The highest BCUT2D eigenvalue weighted by Gasteiger charge is 2.20. The molecule has 2 heterocycles. The summed E-state index contributed by atoms with van der Waals surface area (Å²) < 4.78 is 29.9. The number of nitrogens with one attached hydrogen (secondary N) is 3. The molecule has 2 rings (SSSR count). The van der Waals surface area contributed by atoms with Crippen LogP contribution >= 0.6 is 0 Å². The molecule has 0 spiro atoms. The summed E-state index contributed by atoms with van der Waals surface area (Å²) in [6, 6.07) is 1.85. The van der Waals surface area contributed by atoms with Crippen LogP contribution in [0.1, 0.15) is 18.0 Å². The lowest BCUT2D eigenvalue weighted by atomic mass is 10.0. The zero-order valence-corrected chi connectivity index (χ0v) is 13.9. The number of sulfonamides is 1. The number of aliphatic hydroxyl groups is 1. The first-order valence-electron chi connectivity index (χ1n) is 7.48. The van der Waals surface area contributed by atoms with Crippen LogP contribution in [0.2, 0.25) is 0 Å². The predicted octanol–water partition coefficient (Wildman–Crippen LogP) is -0.654. The van der Waals surface area contributed by atoms with Gasteiger partial charge in [0.15, 0.2) is 0 Å². The van der Waals surface area contributed by atoms with Crippen LogP contribution < -0.4 is 15.4 Å². The molecule has 0 aromatic carbocycles. The van der Waals surface area contributed by atoms with E-state index in [4.69, 9.17) is 9.84 Å². The smallest absolute Gasteiger partial charge is 0.224 e. The first-order chi connectivity index (χ1) is 11.0. The summed E-state index contributed by atoms with van der Waals surface area (Å²) in [5, 5.41) is 14.9. The highest BCUT2D eigenvalue weighted by atomic mass is 32.2. The van der Waals surface area contributed by atoms with Crippen LogP contribution in [0.3, 0.4) is 0 Å². The summed E-state index contributed by atoms with van der Waals surface area (Å²) in [6.07, 6.45) is 2.03. The highest BCUT2D eigenvalue weighted by Crippen LogP contribution is 2.25. The van der Waals surface area contributed by atoms with Crippen molar-refractivity contribution in [1.82, 2.24) is 14.7 Å². The highest BCUT2D eigenvalue weighted by molar-refractivity contribution is 7.88. The summed E-state index contributed by atoms with van der Waals surface area (Å²) in [4.78, 5) is 8.77.